The Morgan fingerprint density at radius 2 is 2.11 bits per heavy atom. The summed E-state index contributed by atoms with van der Waals surface area (Å²) in [5.41, 5.74) is 9.26. The highest BCUT2D eigenvalue weighted by Crippen LogP contribution is 2.35. The van der Waals surface area contributed by atoms with Gasteiger partial charge in [0, 0.05) is 36.0 Å². The van der Waals surface area contributed by atoms with Crippen molar-refractivity contribution in [1.29, 1.82) is 0 Å². The van der Waals surface area contributed by atoms with Crippen LogP contribution < -0.4 is 10.6 Å². The molecule has 0 unspecified atom stereocenters. The van der Waals surface area contributed by atoms with Gasteiger partial charge < -0.3 is 10.6 Å². The molecule has 0 radical (unpaired) electrons. The molecule has 0 amide bonds. The maximum atomic E-state index is 5.82. The number of pyridine rings is 1. The van der Waals surface area contributed by atoms with Gasteiger partial charge >= 0.3 is 0 Å². The Kier molecular flexibility index (Phi) is 2.44. The van der Waals surface area contributed by atoms with Crippen LogP contribution in [0.2, 0.25) is 0 Å². The molecule has 1 aromatic heterocycles. The van der Waals surface area contributed by atoms with E-state index in [9.17, 15) is 0 Å². The molecule has 0 spiro atoms. The van der Waals surface area contributed by atoms with Gasteiger partial charge in [0.1, 0.15) is 0 Å². The minimum atomic E-state index is 0.406. The van der Waals surface area contributed by atoms with Crippen molar-refractivity contribution in [2.75, 3.05) is 23.7 Å². The van der Waals surface area contributed by atoms with E-state index in [1.165, 1.54) is 17.5 Å². The highest BCUT2D eigenvalue weighted by atomic mass is 15.2. The van der Waals surface area contributed by atoms with Crippen molar-refractivity contribution in [3.05, 3.63) is 30.5 Å². The van der Waals surface area contributed by atoms with Gasteiger partial charge in [-0.1, -0.05) is 13.8 Å². The van der Waals surface area contributed by atoms with Crippen LogP contribution in [-0.4, -0.2) is 18.1 Å². The molecule has 2 heterocycles. The van der Waals surface area contributed by atoms with Crippen LogP contribution in [0.25, 0.3) is 10.9 Å². The first kappa shape index (κ1) is 11.3. The third kappa shape index (κ3) is 1.90. The summed E-state index contributed by atoms with van der Waals surface area (Å²) < 4.78 is 0. The van der Waals surface area contributed by atoms with Crippen LogP contribution in [0.5, 0.6) is 0 Å². The molecule has 2 N–H and O–H groups in total. The molecule has 2 aromatic rings. The van der Waals surface area contributed by atoms with E-state index in [2.05, 4.69) is 35.9 Å². The lowest BCUT2D eigenvalue weighted by molar-refractivity contribution is 0.418. The molecule has 1 aliphatic rings. The van der Waals surface area contributed by atoms with E-state index in [1.54, 1.807) is 0 Å². The van der Waals surface area contributed by atoms with Gasteiger partial charge in [0.2, 0.25) is 0 Å². The fourth-order valence-corrected chi connectivity index (χ4v) is 2.74. The Morgan fingerprint density at radius 3 is 2.83 bits per heavy atom. The average Bonchev–Trinajstić information content (AvgIpc) is 2.68. The molecule has 3 rings (SSSR count). The number of rotatable bonds is 1. The van der Waals surface area contributed by atoms with Crippen LogP contribution >= 0.6 is 0 Å². The first-order valence-corrected chi connectivity index (χ1v) is 6.44. The van der Waals surface area contributed by atoms with Gasteiger partial charge in [-0.3, -0.25) is 4.98 Å². The maximum absolute atomic E-state index is 5.82. The standard InChI is InChI=1S/C15H19N3/c1-15(2)6-8-18(10-15)14-5-7-17-13-9-11(16)3-4-12(13)14/h3-5,7,9H,6,8,10,16H2,1-2H3. The van der Waals surface area contributed by atoms with E-state index >= 15 is 0 Å². The monoisotopic (exact) mass is 241 g/mol. The van der Waals surface area contributed by atoms with Crippen LogP contribution in [0.3, 0.4) is 0 Å². The smallest absolute Gasteiger partial charge is 0.0743 e. The van der Waals surface area contributed by atoms with E-state index in [0.29, 0.717) is 5.41 Å². The van der Waals surface area contributed by atoms with Crippen LogP contribution in [0.1, 0.15) is 20.3 Å². The number of anilines is 2. The maximum Gasteiger partial charge on any atom is 0.0743 e. The number of hydrogen-bond acceptors (Lipinski definition) is 3. The normalized spacial score (nSPS) is 18.4. The summed E-state index contributed by atoms with van der Waals surface area (Å²) in [5.74, 6) is 0. The van der Waals surface area contributed by atoms with Gasteiger partial charge in [0.05, 0.1) is 5.52 Å². The van der Waals surface area contributed by atoms with Crippen molar-refractivity contribution in [1.82, 2.24) is 4.98 Å². The molecular weight excluding hydrogens is 222 g/mol. The molecule has 0 bridgehead atoms. The van der Waals surface area contributed by atoms with Crippen molar-refractivity contribution in [2.45, 2.75) is 20.3 Å². The van der Waals surface area contributed by atoms with Gasteiger partial charge in [-0.05, 0) is 36.1 Å². The Bertz CT molecular complexity index is 589. The zero-order chi connectivity index (χ0) is 12.8. The zero-order valence-electron chi connectivity index (χ0n) is 11.0. The number of hydrogen-bond donors (Lipinski definition) is 1. The number of fused-ring (bicyclic) bond motifs is 1. The van der Waals surface area contributed by atoms with Crippen LogP contribution in [0.4, 0.5) is 11.4 Å². The molecule has 3 nitrogen and oxygen atoms in total. The minimum Gasteiger partial charge on any atom is -0.399 e. The summed E-state index contributed by atoms with van der Waals surface area (Å²) in [6.45, 7) is 6.88. The number of nitrogen functional groups attached to an aromatic ring is 1. The Hall–Kier alpha value is -1.77. The SMILES string of the molecule is CC1(C)CCN(c2ccnc3cc(N)ccc23)C1. The Balaban J connectivity index is 2.07. The number of benzene rings is 1. The average molecular weight is 241 g/mol. The number of aromatic nitrogens is 1. The van der Waals surface area contributed by atoms with Crippen LogP contribution in [0, 0.1) is 5.41 Å². The predicted molar refractivity (Wildman–Crippen MR) is 76.8 cm³/mol. The van der Waals surface area contributed by atoms with Gasteiger partial charge in [-0.2, -0.15) is 0 Å². The number of nitrogens with zero attached hydrogens (tertiary/aromatic N) is 2. The lowest BCUT2D eigenvalue weighted by Gasteiger charge is -2.22. The summed E-state index contributed by atoms with van der Waals surface area (Å²) in [6, 6.07) is 8.09. The summed E-state index contributed by atoms with van der Waals surface area (Å²) in [7, 11) is 0. The van der Waals surface area contributed by atoms with Gasteiger partial charge in [0.25, 0.3) is 0 Å². The van der Waals surface area contributed by atoms with Gasteiger partial charge in [-0.25, -0.2) is 0 Å². The predicted octanol–water partition coefficient (Wildman–Crippen LogP) is 3.05. The van der Waals surface area contributed by atoms with Gasteiger partial charge in [0.15, 0.2) is 0 Å². The van der Waals surface area contributed by atoms with E-state index in [0.717, 1.165) is 24.3 Å². The molecule has 0 saturated carbocycles. The highest BCUT2D eigenvalue weighted by molar-refractivity contribution is 5.93. The summed E-state index contributed by atoms with van der Waals surface area (Å²) >= 11 is 0. The lowest BCUT2D eigenvalue weighted by atomic mass is 9.93. The van der Waals surface area contributed by atoms with E-state index < -0.39 is 0 Å². The highest BCUT2D eigenvalue weighted by Gasteiger charge is 2.29. The molecule has 1 aliphatic heterocycles. The van der Waals surface area contributed by atoms with Crippen molar-refractivity contribution >= 4 is 22.3 Å². The van der Waals surface area contributed by atoms with E-state index in [-0.39, 0.29) is 0 Å². The molecule has 18 heavy (non-hydrogen) atoms. The lowest BCUT2D eigenvalue weighted by Crippen LogP contribution is -2.22. The van der Waals surface area contributed by atoms with Crippen molar-refractivity contribution in [2.24, 2.45) is 5.41 Å². The summed E-state index contributed by atoms with van der Waals surface area (Å²) in [6.07, 6.45) is 3.12. The van der Waals surface area contributed by atoms with Crippen molar-refractivity contribution < 1.29 is 0 Å². The van der Waals surface area contributed by atoms with Crippen LogP contribution in [-0.2, 0) is 0 Å². The fraction of sp³-hybridized carbons (Fsp3) is 0.400. The van der Waals surface area contributed by atoms with Crippen LogP contribution in [0.15, 0.2) is 30.5 Å². The molecule has 0 aliphatic carbocycles. The quantitative estimate of drug-likeness (QED) is 0.780. The van der Waals surface area contributed by atoms with Crippen molar-refractivity contribution in [3.8, 4) is 0 Å². The van der Waals surface area contributed by atoms with E-state index in [1.807, 2.05) is 18.3 Å². The summed E-state index contributed by atoms with van der Waals surface area (Å²) in [4.78, 5) is 6.86. The largest absolute Gasteiger partial charge is 0.399 e. The van der Waals surface area contributed by atoms with Gasteiger partial charge in [-0.15, -0.1) is 0 Å². The fourth-order valence-electron chi connectivity index (χ4n) is 2.74. The molecule has 1 fully saturated rings. The van der Waals surface area contributed by atoms with E-state index in [4.69, 9.17) is 5.73 Å². The third-order valence-corrected chi connectivity index (χ3v) is 3.76. The number of nitrogens with two attached hydrogens (primary N) is 1. The Labute approximate surface area is 108 Å². The molecular formula is C15H19N3. The second-order valence-electron chi connectivity index (χ2n) is 5.94. The topological polar surface area (TPSA) is 42.2 Å². The zero-order valence-corrected chi connectivity index (χ0v) is 11.0. The molecule has 94 valence electrons. The first-order valence-electron chi connectivity index (χ1n) is 6.44. The Morgan fingerprint density at radius 1 is 1.28 bits per heavy atom. The molecule has 1 aromatic carbocycles. The first-order chi connectivity index (χ1) is 8.55. The molecule has 0 atom stereocenters. The second kappa shape index (κ2) is 3.87. The second-order valence-corrected chi connectivity index (χ2v) is 5.94. The molecule has 1 saturated heterocycles. The third-order valence-electron chi connectivity index (χ3n) is 3.76. The minimum absolute atomic E-state index is 0.406. The van der Waals surface area contributed by atoms with Crippen molar-refractivity contribution in [3.63, 3.8) is 0 Å². The summed E-state index contributed by atoms with van der Waals surface area (Å²) in [5, 5.41) is 1.20. The molecule has 3 heteroatoms.